The number of aromatic carboxylic acids is 1. The van der Waals surface area contributed by atoms with Crippen LogP contribution in [0, 0.1) is 0 Å². The maximum absolute atomic E-state index is 10.7. The van der Waals surface area contributed by atoms with Crippen LogP contribution in [0.4, 0.5) is 0 Å². The molecule has 0 saturated carbocycles. The molecule has 2 rings (SSSR count). The van der Waals surface area contributed by atoms with E-state index in [0.29, 0.717) is 0 Å². The lowest BCUT2D eigenvalue weighted by molar-refractivity contribution is -0.379. The molecule has 0 atom stereocenters. The maximum Gasteiger partial charge on any atom is 0.335 e. The Morgan fingerprint density at radius 3 is 2.28 bits per heavy atom. The maximum atomic E-state index is 10.7. The number of phenolic OH excluding ortho intramolecular Hbond substituents is 1. The van der Waals surface area contributed by atoms with E-state index < -0.39 is 17.3 Å². The number of H-pyrrole nitrogens is 1. The van der Waals surface area contributed by atoms with Crippen molar-refractivity contribution in [2.45, 2.75) is 0 Å². The smallest absolute Gasteiger partial charge is 0.335 e. The molecule has 0 aliphatic rings. The van der Waals surface area contributed by atoms with Gasteiger partial charge in [0.05, 0.1) is 5.56 Å². The van der Waals surface area contributed by atoms with Gasteiger partial charge in [-0.05, 0) is 18.2 Å². The second-order valence-electron chi connectivity index (χ2n) is 3.25. The van der Waals surface area contributed by atoms with Crippen molar-refractivity contribution in [2.75, 3.05) is 0 Å². The van der Waals surface area contributed by atoms with E-state index >= 15 is 0 Å². The minimum atomic E-state index is -1.33. The van der Waals surface area contributed by atoms with Crippen LogP contribution in [0.3, 0.4) is 0 Å². The minimum Gasteiger partial charge on any atom is -0.872 e. The fourth-order valence-corrected chi connectivity index (χ4v) is 1.07. The average molecular weight is 249 g/mol. The molecule has 0 spiro atoms. The van der Waals surface area contributed by atoms with Gasteiger partial charge in [-0.2, -0.15) is 0 Å². The van der Waals surface area contributed by atoms with E-state index in [0.717, 1.165) is 18.2 Å². The summed E-state index contributed by atoms with van der Waals surface area (Å²) in [5, 5.41) is 36.5. The van der Waals surface area contributed by atoms with Crippen molar-refractivity contribution in [1.29, 1.82) is 0 Å². The zero-order valence-electron chi connectivity index (χ0n) is 9.20. The summed E-state index contributed by atoms with van der Waals surface area (Å²) in [6, 6.07) is 6.42. The van der Waals surface area contributed by atoms with Gasteiger partial charge in [0.15, 0.2) is 11.9 Å². The summed E-state index contributed by atoms with van der Waals surface area (Å²) >= 11 is 0. The van der Waals surface area contributed by atoms with E-state index in [1.165, 1.54) is 6.20 Å². The van der Waals surface area contributed by atoms with E-state index in [1.54, 1.807) is 18.3 Å². The number of aromatic amines is 1. The molecule has 0 bridgehead atoms. The highest BCUT2D eigenvalue weighted by Gasteiger charge is 2.03. The predicted molar refractivity (Wildman–Crippen MR) is 59.2 cm³/mol. The number of carboxylic acids is 1. The Hall–Kier alpha value is -2.76. The third-order valence-electron chi connectivity index (χ3n) is 1.88. The van der Waals surface area contributed by atoms with Crippen molar-refractivity contribution in [2.24, 2.45) is 0 Å². The quantitative estimate of drug-likeness (QED) is 0.675. The number of aromatic nitrogens is 1. The van der Waals surface area contributed by atoms with Crippen LogP contribution < -0.4 is 10.1 Å². The number of aromatic hydroxyl groups is 2. The lowest BCUT2D eigenvalue weighted by Gasteiger charge is -2.08. The first-order valence-corrected chi connectivity index (χ1v) is 4.89. The molecule has 0 radical (unpaired) electrons. The molecule has 0 aliphatic carbocycles. The molecule has 94 valence electrons. The van der Waals surface area contributed by atoms with Gasteiger partial charge in [0.2, 0.25) is 6.20 Å². The number of nitrogens with one attached hydrogen (secondary N) is 1. The van der Waals surface area contributed by atoms with Crippen molar-refractivity contribution < 1.29 is 30.2 Å². The van der Waals surface area contributed by atoms with E-state index in [9.17, 15) is 9.90 Å². The molecule has 18 heavy (non-hydrogen) atoms. The summed E-state index contributed by atoms with van der Waals surface area (Å²) in [4.78, 5) is 13.0. The topological polar surface area (TPSA) is 115 Å². The van der Waals surface area contributed by atoms with Gasteiger partial charge in [-0.15, -0.1) is 0 Å². The molecular weight excluding hydrogens is 238 g/mol. The molecule has 0 fully saturated rings. The number of rotatable bonds is 1. The summed E-state index contributed by atoms with van der Waals surface area (Å²) in [5.74, 6) is -1.88. The Balaban J connectivity index is 0.000000199. The van der Waals surface area contributed by atoms with Crippen LogP contribution in [-0.4, -0.2) is 21.3 Å². The molecule has 6 heteroatoms. The second-order valence-corrected chi connectivity index (χ2v) is 3.25. The van der Waals surface area contributed by atoms with E-state index in [4.69, 9.17) is 15.3 Å². The first kappa shape index (κ1) is 13.3. The van der Waals surface area contributed by atoms with Crippen molar-refractivity contribution in [3.8, 4) is 17.2 Å². The third kappa shape index (κ3) is 4.01. The predicted octanol–water partition coefficient (Wildman–Crippen LogP) is 0.370. The number of carbonyl (C=O) groups is 1. The van der Waals surface area contributed by atoms with Gasteiger partial charge >= 0.3 is 5.97 Å². The second kappa shape index (κ2) is 6.09. The standard InChI is InChI=1S/C7H6O4.C5H5NO/c8-4-1-2-6(9)5(3-4)7(10)11;7-5-2-1-3-6-4-5/h1-3,8-9H,(H,10,11);1-4,7H. The molecule has 0 saturated heterocycles. The summed E-state index contributed by atoms with van der Waals surface area (Å²) < 4.78 is 0. The lowest BCUT2D eigenvalue weighted by Crippen LogP contribution is -2.02. The van der Waals surface area contributed by atoms with E-state index in [1.807, 2.05) is 0 Å². The molecule has 2 aromatic rings. The van der Waals surface area contributed by atoms with Gasteiger partial charge in [0.1, 0.15) is 5.75 Å². The van der Waals surface area contributed by atoms with Gasteiger partial charge in [0.25, 0.3) is 0 Å². The highest BCUT2D eigenvalue weighted by atomic mass is 16.4. The number of hydrogen-bond donors (Lipinski definition) is 3. The lowest BCUT2D eigenvalue weighted by atomic mass is 10.2. The van der Waals surface area contributed by atoms with Crippen molar-refractivity contribution >= 4 is 5.97 Å². The largest absolute Gasteiger partial charge is 0.872 e. The summed E-state index contributed by atoms with van der Waals surface area (Å²) in [6.07, 6.45) is 3.25. The summed E-state index contributed by atoms with van der Waals surface area (Å²) in [7, 11) is 0. The van der Waals surface area contributed by atoms with Gasteiger partial charge in [-0.1, -0.05) is 11.8 Å². The Bertz CT molecular complexity index is 527. The molecule has 0 amide bonds. The van der Waals surface area contributed by atoms with E-state index in [2.05, 4.69) is 4.98 Å². The highest BCUT2D eigenvalue weighted by Crippen LogP contribution is 2.19. The average Bonchev–Trinajstić information content (AvgIpc) is 2.34. The first-order chi connectivity index (χ1) is 8.50. The Kier molecular flexibility index (Phi) is 4.50. The van der Waals surface area contributed by atoms with Crippen LogP contribution in [0.2, 0.25) is 0 Å². The van der Waals surface area contributed by atoms with Crippen molar-refractivity contribution in [3.63, 3.8) is 0 Å². The third-order valence-corrected chi connectivity index (χ3v) is 1.88. The van der Waals surface area contributed by atoms with Crippen LogP contribution in [0.5, 0.6) is 17.2 Å². The van der Waals surface area contributed by atoms with Crippen LogP contribution in [0.15, 0.2) is 42.7 Å². The van der Waals surface area contributed by atoms with E-state index in [-0.39, 0.29) is 11.5 Å². The van der Waals surface area contributed by atoms with Crippen LogP contribution in [0.25, 0.3) is 0 Å². The number of phenols is 1. The Morgan fingerprint density at radius 2 is 1.89 bits per heavy atom. The summed E-state index contributed by atoms with van der Waals surface area (Å²) in [6.45, 7) is 0. The molecule has 6 nitrogen and oxygen atoms in total. The summed E-state index contributed by atoms with van der Waals surface area (Å²) in [5.41, 5.74) is -0.412. The number of benzene rings is 1. The molecular formula is C12H11NO5. The zero-order chi connectivity index (χ0) is 13.5. The normalized spacial score (nSPS) is 9.11. The molecule has 1 heterocycles. The van der Waals surface area contributed by atoms with Crippen LogP contribution in [0.1, 0.15) is 10.4 Å². The molecule has 4 N–H and O–H groups in total. The van der Waals surface area contributed by atoms with Crippen LogP contribution >= 0.6 is 0 Å². The molecule has 0 aliphatic heterocycles. The minimum absolute atomic E-state index is 0.220. The highest BCUT2D eigenvalue weighted by molar-refractivity contribution is 5.90. The monoisotopic (exact) mass is 249 g/mol. The fraction of sp³-hybridized carbons (Fsp3) is 0. The Labute approximate surface area is 102 Å². The zero-order valence-corrected chi connectivity index (χ0v) is 9.20. The van der Waals surface area contributed by atoms with Gasteiger partial charge in [-0.3, -0.25) is 0 Å². The first-order valence-electron chi connectivity index (χ1n) is 4.89. The van der Waals surface area contributed by atoms with Crippen LogP contribution in [-0.2, 0) is 0 Å². The molecule has 1 aromatic heterocycles. The number of pyridine rings is 1. The van der Waals surface area contributed by atoms with Crippen molar-refractivity contribution in [3.05, 3.63) is 48.3 Å². The SMILES string of the molecule is O=C(O)c1cc(O)ccc1[O-].Oc1ccc[nH+]c1. The molecule has 0 unspecified atom stereocenters. The van der Waals surface area contributed by atoms with Gasteiger partial charge < -0.3 is 20.4 Å². The van der Waals surface area contributed by atoms with Gasteiger partial charge in [0, 0.05) is 6.07 Å². The fourth-order valence-electron chi connectivity index (χ4n) is 1.07. The molecule has 1 aromatic carbocycles. The Morgan fingerprint density at radius 1 is 1.17 bits per heavy atom. The van der Waals surface area contributed by atoms with Gasteiger partial charge in [-0.25, -0.2) is 9.78 Å². The number of carboxylic acid groups (broad SMARTS) is 1. The number of hydrogen-bond acceptors (Lipinski definition) is 4. The van der Waals surface area contributed by atoms with Crippen molar-refractivity contribution in [1.82, 2.24) is 0 Å².